The number of aromatic nitrogens is 1. The summed E-state index contributed by atoms with van der Waals surface area (Å²) in [6.45, 7) is 0. The Labute approximate surface area is 160 Å². The van der Waals surface area contributed by atoms with E-state index in [1.807, 2.05) is 48.0 Å². The molecule has 2 amide bonds. The summed E-state index contributed by atoms with van der Waals surface area (Å²) < 4.78 is 0. The molecule has 0 aliphatic carbocycles. The zero-order valence-electron chi connectivity index (χ0n) is 14.6. The molecule has 0 fully saturated rings. The maximum Gasteiger partial charge on any atom is 0.268 e. The highest BCUT2D eigenvalue weighted by molar-refractivity contribution is 7.12. The minimum atomic E-state index is -0.259. The number of hydrogen-bond acceptors (Lipinski definition) is 3. The van der Waals surface area contributed by atoms with Crippen LogP contribution in [0, 0.1) is 0 Å². The van der Waals surface area contributed by atoms with Crippen molar-refractivity contribution in [2.75, 3.05) is 17.3 Å². The van der Waals surface area contributed by atoms with Crippen LogP contribution in [0.4, 0.5) is 11.4 Å². The fraction of sp³-hybridized carbons (Fsp3) is 0.0476. The van der Waals surface area contributed by atoms with E-state index in [9.17, 15) is 9.59 Å². The lowest BCUT2D eigenvalue weighted by molar-refractivity contribution is 0.0996. The topological polar surface area (TPSA) is 65.2 Å². The Hall–Kier alpha value is -3.38. The van der Waals surface area contributed by atoms with Gasteiger partial charge in [0.05, 0.1) is 21.8 Å². The maximum absolute atomic E-state index is 13.0. The second-order valence-corrected chi connectivity index (χ2v) is 7.00. The van der Waals surface area contributed by atoms with Gasteiger partial charge < -0.3 is 15.2 Å². The van der Waals surface area contributed by atoms with Gasteiger partial charge in [0, 0.05) is 24.1 Å². The molecule has 4 aromatic rings. The molecule has 0 radical (unpaired) electrons. The molecule has 2 aromatic heterocycles. The Kier molecular flexibility index (Phi) is 4.48. The first kappa shape index (κ1) is 17.1. The van der Waals surface area contributed by atoms with E-state index in [-0.39, 0.29) is 11.8 Å². The van der Waals surface area contributed by atoms with Crippen LogP contribution in [0.5, 0.6) is 0 Å². The first-order valence-corrected chi connectivity index (χ1v) is 9.31. The van der Waals surface area contributed by atoms with Crippen molar-refractivity contribution < 1.29 is 9.59 Å². The number of nitrogens with one attached hydrogen (secondary N) is 2. The molecule has 2 aromatic carbocycles. The summed E-state index contributed by atoms with van der Waals surface area (Å²) in [5.41, 5.74) is 2.68. The van der Waals surface area contributed by atoms with E-state index in [1.165, 1.54) is 16.2 Å². The van der Waals surface area contributed by atoms with Gasteiger partial charge in [0.2, 0.25) is 0 Å². The molecule has 2 heterocycles. The van der Waals surface area contributed by atoms with Gasteiger partial charge >= 0.3 is 0 Å². The largest absolute Gasteiger partial charge is 0.361 e. The van der Waals surface area contributed by atoms with Gasteiger partial charge in [-0.3, -0.25) is 9.59 Å². The zero-order valence-corrected chi connectivity index (χ0v) is 15.4. The Morgan fingerprint density at radius 2 is 1.85 bits per heavy atom. The second kappa shape index (κ2) is 7.09. The van der Waals surface area contributed by atoms with Crippen LogP contribution >= 0.6 is 11.3 Å². The van der Waals surface area contributed by atoms with E-state index in [0.717, 1.165) is 16.6 Å². The van der Waals surface area contributed by atoms with E-state index < -0.39 is 0 Å². The summed E-state index contributed by atoms with van der Waals surface area (Å²) >= 11 is 1.38. The third-order valence-electron chi connectivity index (χ3n) is 4.39. The third kappa shape index (κ3) is 3.22. The molecule has 0 bridgehead atoms. The van der Waals surface area contributed by atoms with Crippen LogP contribution in [-0.2, 0) is 0 Å². The van der Waals surface area contributed by atoms with Crippen molar-refractivity contribution in [2.45, 2.75) is 0 Å². The van der Waals surface area contributed by atoms with Gasteiger partial charge in [-0.05, 0) is 41.8 Å². The minimum absolute atomic E-state index is 0.141. The van der Waals surface area contributed by atoms with Crippen LogP contribution in [0.25, 0.3) is 10.9 Å². The number of H-pyrrole nitrogens is 1. The number of aromatic amines is 1. The summed E-state index contributed by atoms with van der Waals surface area (Å²) in [4.78, 5) is 30.9. The molecule has 27 heavy (non-hydrogen) atoms. The van der Waals surface area contributed by atoms with Crippen molar-refractivity contribution >= 4 is 45.4 Å². The fourth-order valence-electron chi connectivity index (χ4n) is 3.02. The monoisotopic (exact) mass is 375 g/mol. The van der Waals surface area contributed by atoms with Gasteiger partial charge in [0.1, 0.15) is 0 Å². The number of rotatable bonds is 4. The van der Waals surface area contributed by atoms with Crippen LogP contribution in [0.1, 0.15) is 20.0 Å². The predicted molar refractivity (Wildman–Crippen MR) is 110 cm³/mol. The summed E-state index contributed by atoms with van der Waals surface area (Å²) in [5.74, 6) is -0.400. The average molecular weight is 375 g/mol. The van der Waals surface area contributed by atoms with Crippen molar-refractivity contribution in [3.63, 3.8) is 0 Å². The Morgan fingerprint density at radius 3 is 2.67 bits per heavy atom. The van der Waals surface area contributed by atoms with Gasteiger partial charge in [-0.2, -0.15) is 0 Å². The molecule has 2 N–H and O–H groups in total. The van der Waals surface area contributed by atoms with Crippen molar-refractivity contribution in [2.24, 2.45) is 0 Å². The highest BCUT2D eigenvalue weighted by Crippen LogP contribution is 2.26. The smallest absolute Gasteiger partial charge is 0.268 e. The zero-order chi connectivity index (χ0) is 18.8. The molecule has 0 aliphatic rings. The van der Waals surface area contributed by atoms with Gasteiger partial charge in [-0.25, -0.2) is 0 Å². The van der Waals surface area contributed by atoms with Crippen LogP contribution < -0.4 is 10.2 Å². The molecular weight excluding hydrogens is 358 g/mol. The molecule has 0 aliphatic heterocycles. The SMILES string of the molecule is CN(C(=O)c1cccs1)c1ccccc1C(=O)Nc1cccc2[nH]ccc12. The van der Waals surface area contributed by atoms with Crippen LogP contribution in [0.15, 0.2) is 72.2 Å². The van der Waals surface area contributed by atoms with Gasteiger partial charge in [0.25, 0.3) is 11.8 Å². The molecule has 5 nitrogen and oxygen atoms in total. The molecule has 0 unspecified atom stereocenters. The molecule has 134 valence electrons. The van der Waals surface area contributed by atoms with Crippen molar-refractivity contribution in [3.05, 3.63) is 82.7 Å². The molecule has 0 saturated carbocycles. The number of fused-ring (bicyclic) bond motifs is 1. The summed E-state index contributed by atoms with van der Waals surface area (Å²) in [7, 11) is 1.68. The number of amides is 2. The molecular formula is C21H17N3O2S. The fourth-order valence-corrected chi connectivity index (χ4v) is 3.72. The predicted octanol–water partition coefficient (Wildman–Crippen LogP) is 4.76. The number of anilines is 2. The lowest BCUT2D eigenvalue weighted by Crippen LogP contribution is -2.28. The number of benzene rings is 2. The van der Waals surface area contributed by atoms with E-state index in [1.54, 1.807) is 31.3 Å². The normalized spacial score (nSPS) is 10.7. The maximum atomic E-state index is 13.0. The summed E-state index contributed by atoms with van der Waals surface area (Å²) in [6, 6.07) is 18.3. The van der Waals surface area contributed by atoms with Crippen LogP contribution in [0.2, 0.25) is 0 Å². The summed E-state index contributed by atoms with van der Waals surface area (Å²) in [6.07, 6.45) is 1.84. The molecule has 0 saturated heterocycles. The number of carbonyl (C=O) groups is 2. The average Bonchev–Trinajstić information content (AvgIpc) is 3.39. The second-order valence-electron chi connectivity index (χ2n) is 6.06. The van der Waals surface area contributed by atoms with Crippen molar-refractivity contribution in [3.8, 4) is 0 Å². The van der Waals surface area contributed by atoms with Gasteiger partial charge in [-0.1, -0.05) is 24.3 Å². The minimum Gasteiger partial charge on any atom is -0.361 e. The number of para-hydroxylation sites is 1. The standard InChI is InChI=1S/C21H17N3O2S/c1-24(21(26)19-10-5-13-27-19)18-9-3-2-6-15(18)20(25)23-17-8-4-7-16-14(17)11-12-22-16/h2-13,22H,1H3,(H,23,25). The van der Waals surface area contributed by atoms with Crippen LogP contribution in [0.3, 0.4) is 0 Å². The molecule has 6 heteroatoms. The van der Waals surface area contributed by atoms with Gasteiger partial charge in [-0.15, -0.1) is 11.3 Å². The first-order valence-electron chi connectivity index (χ1n) is 8.43. The van der Waals surface area contributed by atoms with E-state index in [0.29, 0.717) is 16.1 Å². The number of thiophene rings is 1. The summed E-state index contributed by atoms with van der Waals surface area (Å²) in [5, 5.41) is 5.76. The molecule has 0 atom stereocenters. The number of nitrogens with zero attached hydrogens (tertiary/aromatic N) is 1. The lowest BCUT2D eigenvalue weighted by atomic mass is 10.1. The van der Waals surface area contributed by atoms with Crippen molar-refractivity contribution in [1.29, 1.82) is 0 Å². The van der Waals surface area contributed by atoms with Crippen LogP contribution in [-0.4, -0.2) is 23.8 Å². The Morgan fingerprint density at radius 1 is 1.00 bits per heavy atom. The molecule has 0 spiro atoms. The van der Waals surface area contributed by atoms with E-state index in [2.05, 4.69) is 10.3 Å². The van der Waals surface area contributed by atoms with E-state index in [4.69, 9.17) is 0 Å². The van der Waals surface area contributed by atoms with Gasteiger partial charge in [0.15, 0.2) is 0 Å². The first-order chi connectivity index (χ1) is 13.1. The third-order valence-corrected chi connectivity index (χ3v) is 5.25. The Bertz CT molecular complexity index is 1120. The van der Waals surface area contributed by atoms with Crippen molar-refractivity contribution in [1.82, 2.24) is 4.98 Å². The number of carbonyl (C=O) groups excluding carboxylic acids is 2. The lowest BCUT2D eigenvalue weighted by Gasteiger charge is -2.20. The molecule has 4 rings (SSSR count). The Balaban J connectivity index is 1.65. The highest BCUT2D eigenvalue weighted by atomic mass is 32.1. The van der Waals surface area contributed by atoms with E-state index >= 15 is 0 Å². The number of hydrogen-bond donors (Lipinski definition) is 2. The quantitative estimate of drug-likeness (QED) is 0.540. The highest BCUT2D eigenvalue weighted by Gasteiger charge is 2.20.